The highest BCUT2D eigenvalue weighted by atomic mass is 15.3. The van der Waals surface area contributed by atoms with Gasteiger partial charge in [-0.15, -0.1) is 0 Å². The number of nitriles is 1. The zero-order valence-electron chi connectivity index (χ0n) is 10.6. The molecule has 0 aliphatic rings. The van der Waals surface area contributed by atoms with Crippen LogP contribution in [0.2, 0.25) is 0 Å². The van der Waals surface area contributed by atoms with Gasteiger partial charge in [0.2, 0.25) is 0 Å². The van der Waals surface area contributed by atoms with Crippen LogP contribution in [0, 0.1) is 11.3 Å². The number of rotatable bonds is 1. The summed E-state index contributed by atoms with van der Waals surface area (Å²) < 4.78 is 3.92. The summed E-state index contributed by atoms with van der Waals surface area (Å²) >= 11 is 0. The minimum Gasteiger partial charge on any atom is -0.301 e. The van der Waals surface area contributed by atoms with Crippen LogP contribution in [0.15, 0.2) is 60.9 Å². The minimum atomic E-state index is 0.647. The van der Waals surface area contributed by atoms with Crippen molar-refractivity contribution in [1.82, 2.24) is 14.2 Å². The second kappa shape index (κ2) is 3.97. The summed E-state index contributed by atoms with van der Waals surface area (Å²) in [6.45, 7) is 0. The minimum absolute atomic E-state index is 0.647. The van der Waals surface area contributed by atoms with Gasteiger partial charge in [-0.3, -0.25) is 0 Å². The Morgan fingerprint density at radius 2 is 1.90 bits per heavy atom. The molecule has 0 N–H and O–H groups in total. The Hall–Kier alpha value is -3.06. The number of pyridine rings is 1. The van der Waals surface area contributed by atoms with Crippen LogP contribution < -0.4 is 0 Å². The highest BCUT2D eigenvalue weighted by Crippen LogP contribution is 2.24. The van der Waals surface area contributed by atoms with Gasteiger partial charge in [-0.2, -0.15) is 10.4 Å². The maximum absolute atomic E-state index is 9.32. The summed E-state index contributed by atoms with van der Waals surface area (Å²) in [6, 6.07) is 18.0. The lowest BCUT2D eigenvalue weighted by Crippen LogP contribution is -2.00. The molecule has 0 saturated heterocycles. The number of hydrogen-bond acceptors (Lipinski definition) is 2. The van der Waals surface area contributed by atoms with E-state index in [9.17, 15) is 5.26 Å². The zero-order chi connectivity index (χ0) is 13.5. The fourth-order valence-corrected chi connectivity index (χ4v) is 2.54. The summed E-state index contributed by atoms with van der Waals surface area (Å²) in [5.74, 6) is 0. The van der Waals surface area contributed by atoms with Crippen LogP contribution in [0.25, 0.3) is 22.2 Å². The second-order valence-corrected chi connectivity index (χ2v) is 4.60. The van der Waals surface area contributed by atoms with E-state index in [0.29, 0.717) is 5.56 Å². The van der Waals surface area contributed by atoms with Gasteiger partial charge < -0.3 is 4.40 Å². The Labute approximate surface area is 115 Å². The van der Waals surface area contributed by atoms with Crippen molar-refractivity contribution in [2.75, 3.05) is 0 Å². The fourth-order valence-electron chi connectivity index (χ4n) is 2.54. The molecule has 20 heavy (non-hydrogen) atoms. The molecular weight excluding hydrogens is 248 g/mol. The standard InChI is InChI=1S/C16H10N4/c17-10-12-9-14-7-4-8-19(14)16-15(12)11-18-20(16)13-5-2-1-3-6-13/h1-9,11H. The molecule has 0 aliphatic carbocycles. The smallest absolute Gasteiger partial charge is 0.149 e. The first-order valence-electron chi connectivity index (χ1n) is 6.32. The van der Waals surface area contributed by atoms with E-state index in [2.05, 4.69) is 15.6 Å². The van der Waals surface area contributed by atoms with E-state index in [1.54, 1.807) is 6.20 Å². The maximum atomic E-state index is 9.32. The van der Waals surface area contributed by atoms with Crippen molar-refractivity contribution in [3.05, 3.63) is 66.5 Å². The molecule has 0 saturated carbocycles. The van der Waals surface area contributed by atoms with E-state index in [0.717, 1.165) is 22.2 Å². The quantitative estimate of drug-likeness (QED) is 0.526. The predicted octanol–water partition coefficient (Wildman–Crippen LogP) is 3.15. The predicted molar refractivity (Wildman–Crippen MR) is 76.7 cm³/mol. The normalized spacial score (nSPS) is 10.9. The number of hydrogen-bond donors (Lipinski definition) is 0. The van der Waals surface area contributed by atoms with Crippen LogP contribution in [-0.2, 0) is 0 Å². The molecule has 94 valence electrons. The molecule has 0 fully saturated rings. The molecule has 0 bridgehead atoms. The maximum Gasteiger partial charge on any atom is 0.149 e. The highest BCUT2D eigenvalue weighted by Gasteiger charge is 2.12. The van der Waals surface area contributed by atoms with E-state index in [1.165, 1.54) is 0 Å². The summed E-state index contributed by atoms with van der Waals surface area (Å²) in [4.78, 5) is 0. The lowest BCUT2D eigenvalue weighted by Gasteiger charge is -2.06. The molecular formula is C16H10N4. The molecule has 4 heteroatoms. The molecule has 3 heterocycles. The largest absolute Gasteiger partial charge is 0.301 e. The van der Waals surface area contributed by atoms with E-state index in [4.69, 9.17) is 0 Å². The lowest BCUT2D eigenvalue weighted by atomic mass is 10.2. The Bertz CT molecular complexity index is 955. The molecule has 0 aliphatic heterocycles. The molecule has 0 radical (unpaired) electrons. The Morgan fingerprint density at radius 3 is 2.70 bits per heavy atom. The first kappa shape index (κ1) is 10.8. The van der Waals surface area contributed by atoms with E-state index >= 15 is 0 Å². The fraction of sp³-hybridized carbons (Fsp3) is 0. The van der Waals surface area contributed by atoms with E-state index < -0.39 is 0 Å². The topological polar surface area (TPSA) is 46.0 Å². The number of fused-ring (bicyclic) bond motifs is 3. The molecule has 4 rings (SSSR count). The van der Waals surface area contributed by atoms with Gasteiger partial charge >= 0.3 is 0 Å². The van der Waals surface area contributed by atoms with E-state index in [-0.39, 0.29) is 0 Å². The SMILES string of the molecule is N#Cc1cc2cccn2c2c1cnn2-c1ccccc1. The Kier molecular flexibility index (Phi) is 2.15. The van der Waals surface area contributed by atoms with Crippen molar-refractivity contribution in [3.8, 4) is 11.8 Å². The van der Waals surface area contributed by atoms with E-state index in [1.807, 2.05) is 59.4 Å². The van der Waals surface area contributed by atoms with Gasteiger partial charge in [0, 0.05) is 11.7 Å². The van der Waals surface area contributed by atoms with Gasteiger partial charge in [0.1, 0.15) is 11.7 Å². The van der Waals surface area contributed by atoms with Crippen LogP contribution in [0.1, 0.15) is 5.56 Å². The van der Waals surface area contributed by atoms with Crippen LogP contribution in [0.4, 0.5) is 0 Å². The third-order valence-corrected chi connectivity index (χ3v) is 3.46. The lowest BCUT2D eigenvalue weighted by molar-refractivity contribution is 0.889. The molecule has 4 nitrogen and oxygen atoms in total. The number of nitrogens with zero attached hydrogens (tertiary/aromatic N) is 4. The van der Waals surface area contributed by atoms with Crippen molar-refractivity contribution >= 4 is 16.6 Å². The summed E-state index contributed by atoms with van der Waals surface area (Å²) in [5.41, 5.74) is 3.53. The number of aromatic nitrogens is 3. The average Bonchev–Trinajstić information content (AvgIpc) is 3.13. The number of para-hydroxylation sites is 1. The van der Waals surface area contributed by atoms with Crippen LogP contribution in [0.5, 0.6) is 0 Å². The molecule has 1 aromatic carbocycles. The molecule has 0 atom stereocenters. The van der Waals surface area contributed by atoms with Crippen molar-refractivity contribution in [1.29, 1.82) is 5.26 Å². The first-order chi connectivity index (χ1) is 9.88. The summed E-state index contributed by atoms with van der Waals surface area (Å²) in [5, 5.41) is 14.6. The highest BCUT2D eigenvalue weighted by molar-refractivity contribution is 5.87. The van der Waals surface area contributed by atoms with Gasteiger partial charge in [0.05, 0.1) is 22.8 Å². The molecule has 0 amide bonds. The Balaban J connectivity index is 2.19. The van der Waals surface area contributed by atoms with Crippen LogP contribution >= 0.6 is 0 Å². The van der Waals surface area contributed by atoms with Gasteiger partial charge in [0.25, 0.3) is 0 Å². The summed E-state index contributed by atoms with van der Waals surface area (Å²) in [7, 11) is 0. The van der Waals surface area contributed by atoms with Crippen LogP contribution in [0.3, 0.4) is 0 Å². The molecule has 0 unspecified atom stereocenters. The molecule has 3 aromatic heterocycles. The third-order valence-electron chi connectivity index (χ3n) is 3.46. The van der Waals surface area contributed by atoms with Crippen molar-refractivity contribution in [2.24, 2.45) is 0 Å². The van der Waals surface area contributed by atoms with Gasteiger partial charge in [-0.1, -0.05) is 18.2 Å². The molecule has 4 aromatic rings. The average molecular weight is 258 g/mol. The second-order valence-electron chi connectivity index (χ2n) is 4.60. The van der Waals surface area contributed by atoms with Gasteiger partial charge in [-0.05, 0) is 30.3 Å². The number of benzene rings is 1. The zero-order valence-corrected chi connectivity index (χ0v) is 10.6. The molecule has 0 spiro atoms. The Morgan fingerprint density at radius 1 is 1.05 bits per heavy atom. The van der Waals surface area contributed by atoms with Crippen LogP contribution in [-0.4, -0.2) is 14.2 Å². The monoisotopic (exact) mass is 258 g/mol. The van der Waals surface area contributed by atoms with Gasteiger partial charge in [0.15, 0.2) is 0 Å². The van der Waals surface area contributed by atoms with Crippen molar-refractivity contribution in [3.63, 3.8) is 0 Å². The van der Waals surface area contributed by atoms with Crippen molar-refractivity contribution in [2.45, 2.75) is 0 Å². The van der Waals surface area contributed by atoms with Gasteiger partial charge in [-0.25, -0.2) is 4.68 Å². The third kappa shape index (κ3) is 1.38. The first-order valence-corrected chi connectivity index (χ1v) is 6.32. The summed E-state index contributed by atoms with van der Waals surface area (Å²) in [6.07, 6.45) is 3.74. The van der Waals surface area contributed by atoms with Crippen molar-refractivity contribution < 1.29 is 0 Å².